The molecule has 1 aromatic carbocycles. The van der Waals surface area contributed by atoms with Crippen LogP contribution in [0.3, 0.4) is 0 Å². The summed E-state index contributed by atoms with van der Waals surface area (Å²) in [6.07, 6.45) is 0.946. The highest BCUT2D eigenvalue weighted by Crippen LogP contribution is 2.19. The number of nitrogens with one attached hydrogen (secondary N) is 1. The van der Waals surface area contributed by atoms with Crippen LogP contribution in [0.5, 0.6) is 0 Å². The number of hydrogen-bond donors (Lipinski definition) is 2. The van der Waals surface area contributed by atoms with Crippen LogP contribution in [0.15, 0.2) is 41.3 Å². The van der Waals surface area contributed by atoms with Gasteiger partial charge in [-0.05, 0) is 24.6 Å². The van der Waals surface area contributed by atoms with Gasteiger partial charge in [0.1, 0.15) is 4.99 Å². The second kappa shape index (κ2) is 6.65. The molecule has 0 bridgehead atoms. The van der Waals surface area contributed by atoms with Crippen LogP contribution in [-0.2, 0) is 23.0 Å². The molecule has 0 atom stereocenters. The summed E-state index contributed by atoms with van der Waals surface area (Å²) < 4.78 is 27.4. The average Bonchev–Trinajstić information content (AvgIpc) is 2.93. The number of nitrogens with two attached hydrogens (primary N) is 1. The van der Waals surface area contributed by atoms with Crippen molar-refractivity contribution in [3.05, 3.63) is 51.7 Å². The zero-order valence-corrected chi connectivity index (χ0v) is 13.9. The van der Waals surface area contributed by atoms with E-state index in [1.54, 1.807) is 29.5 Å². The SMILES string of the molecule is CCc1ccc(CNS(=O)(=O)c2ccccc2C(N)=S)s1. The lowest BCUT2D eigenvalue weighted by Crippen LogP contribution is -2.26. The number of thiocarbonyl (C=S) groups is 1. The summed E-state index contributed by atoms with van der Waals surface area (Å²) in [5, 5.41) is 0. The second-order valence-electron chi connectivity index (χ2n) is 4.41. The Morgan fingerprint density at radius 2 is 1.90 bits per heavy atom. The average molecular weight is 340 g/mol. The molecule has 0 fully saturated rings. The van der Waals surface area contributed by atoms with Crippen LogP contribution < -0.4 is 10.5 Å². The molecule has 2 rings (SSSR count). The maximum atomic E-state index is 12.4. The summed E-state index contributed by atoms with van der Waals surface area (Å²) in [4.78, 5) is 2.39. The normalized spacial score (nSPS) is 11.5. The predicted octanol–water partition coefficient (Wildman–Crippen LogP) is 2.42. The maximum Gasteiger partial charge on any atom is 0.241 e. The van der Waals surface area contributed by atoms with Gasteiger partial charge in [-0.1, -0.05) is 37.3 Å². The Morgan fingerprint density at radius 3 is 2.52 bits per heavy atom. The number of aryl methyl sites for hydroxylation is 1. The number of benzene rings is 1. The van der Waals surface area contributed by atoms with Gasteiger partial charge in [0.2, 0.25) is 10.0 Å². The minimum absolute atomic E-state index is 0.0698. The third kappa shape index (κ3) is 3.88. The monoisotopic (exact) mass is 340 g/mol. The van der Waals surface area contributed by atoms with Crippen molar-refractivity contribution in [1.82, 2.24) is 4.72 Å². The molecule has 2 aromatic rings. The molecule has 21 heavy (non-hydrogen) atoms. The second-order valence-corrected chi connectivity index (χ2v) is 7.83. The lowest BCUT2D eigenvalue weighted by Gasteiger charge is -2.10. The van der Waals surface area contributed by atoms with Crippen molar-refractivity contribution in [1.29, 1.82) is 0 Å². The predicted molar refractivity (Wildman–Crippen MR) is 90.1 cm³/mol. The van der Waals surface area contributed by atoms with E-state index in [9.17, 15) is 8.42 Å². The Morgan fingerprint density at radius 1 is 1.24 bits per heavy atom. The molecule has 0 unspecified atom stereocenters. The van der Waals surface area contributed by atoms with Gasteiger partial charge in [0, 0.05) is 21.9 Å². The summed E-state index contributed by atoms with van der Waals surface area (Å²) >= 11 is 6.50. The van der Waals surface area contributed by atoms with Crippen molar-refractivity contribution in [3.8, 4) is 0 Å². The van der Waals surface area contributed by atoms with Gasteiger partial charge in [-0.15, -0.1) is 11.3 Å². The molecular weight excluding hydrogens is 324 g/mol. The van der Waals surface area contributed by atoms with E-state index in [0.29, 0.717) is 5.56 Å². The molecular formula is C14H16N2O2S3. The fourth-order valence-corrected chi connectivity index (χ4v) is 4.31. The highest BCUT2D eigenvalue weighted by atomic mass is 32.2. The van der Waals surface area contributed by atoms with Crippen molar-refractivity contribution in [3.63, 3.8) is 0 Å². The molecule has 0 radical (unpaired) electrons. The fraction of sp³-hybridized carbons (Fsp3) is 0.214. The van der Waals surface area contributed by atoms with E-state index in [1.807, 2.05) is 12.1 Å². The van der Waals surface area contributed by atoms with Crippen molar-refractivity contribution in [2.24, 2.45) is 5.73 Å². The zero-order chi connectivity index (χ0) is 15.5. The Hall–Kier alpha value is -1.28. The lowest BCUT2D eigenvalue weighted by molar-refractivity contribution is 0.581. The number of sulfonamides is 1. The van der Waals surface area contributed by atoms with E-state index >= 15 is 0 Å². The molecule has 3 N–H and O–H groups in total. The van der Waals surface area contributed by atoms with Gasteiger partial charge in [-0.25, -0.2) is 13.1 Å². The highest BCUT2D eigenvalue weighted by molar-refractivity contribution is 7.89. The van der Waals surface area contributed by atoms with E-state index < -0.39 is 10.0 Å². The maximum absolute atomic E-state index is 12.4. The van der Waals surface area contributed by atoms with Crippen LogP contribution in [0.2, 0.25) is 0 Å². The van der Waals surface area contributed by atoms with E-state index in [4.69, 9.17) is 18.0 Å². The Balaban J connectivity index is 2.21. The van der Waals surface area contributed by atoms with Crippen molar-refractivity contribution >= 4 is 38.6 Å². The van der Waals surface area contributed by atoms with Gasteiger partial charge in [0.05, 0.1) is 4.90 Å². The summed E-state index contributed by atoms with van der Waals surface area (Å²) in [6.45, 7) is 2.33. The molecule has 0 aliphatic rings. The summed E-state index contributed by atoms with van der Waals surface area (Å²) in [5.74, 6) is 0. The van der Waals surface area contributed by atoms with Crippen LogP contribution in [0.1, 0.15) is 22.2 Å². The highest BCUT2D eigenvalue weighted by Gasteiger charge is 2.19. The van der Waals surface area contributed by atoms with Crippen molar-refractivity contribution in [2.75, 3.05) is 0 Å². The standard InChI is InChI=1S/C14H16N2O2S3/c1-2-10-7-8-11(20-10)9-16-21(17,18)13-6-4-3-5-12(13)14(15)19/h3-8,16H,2,9H2,1H3,(H2,15,19). The Bertz CT molecular complexity index is 751. The molecule has 7 heteroatoms. The first-order chi connectivity index (χ1) is 9.94. The van der Waals surface area contributed by atoms with E-state index in [2.05, 4.69) is 11.6 Å². The van der Waals surface area contributed by atoms with Gasteiger partial charge in [0.25, 0.3) is 0 Å². The van der Waals surface area contributed by atoms with Crippen LogP contribution in [0, 0.1) is 0 Å². The van der Waals surface area contributed by atoms with Gasteiger partial charge in [-0.3, -0.25) is 0 Å². The molecule has 0 spiro atoms. The van der Waals surface area contributed by atoms with E-state index in [0.717, 1.165) is 11.3 Å². The van der Waals surface area contributed by atoms with Gasteiger partial charge in [-0.2, -0.15) is 0 Å². The minimum Gasteiger partial charge on any atom is -0.389 e. The fourth-order valence-electron chi connectivity index (χ4n) is 1.86. The van der Waals surface area contributed by atoms with Crippen LogP contribution in [-0.4, -0.2) is 13.4 Å². The van der Waals surface area contributed by atoms with E-state index in [-0.39, 0.29) is 16.4 Å². The largest absolute Gasteiger partial charge is 0.389 e. The lowest BCUT2D eigenvalue weighted by atomic mass is 10.2. The quantitative estimate of drug-likeness (QED) is 0.792. The topological polar surface area (TPSA) is 72.2 Å². The van der Waals surface area contributed by atoms with Crippen LogP contribution >= 0.6 is 23.6 Å². The van der Waals surface area contributed by atoms with Gasteiger partial charge in [0.15, 0.2) is 0 Å². The first-order valence-electron chi connectivity index (χ1n) is 6.40. The van der Waals surface area contributed by atoms with Crippen LogP contribution in [0.25, 0.3) is 0 Å². The summed E-state index contributed by atoms with van der Waals surface area (Å²) in [5.41, 5.74) is 5.94. The molecule has 1 heterocycles. The summed E-state index contributed by atoms with van der Waals surface area (Å²) in [6, 6.07) is 10.4. The molecule has 0 amide bonds. The first kappa shape index (κ1) is 16.1. The Kier molecular flexibility index (Phi) is 5.10. The first-order valence-corrected chi connectivity index (χ1v) is 9.11. The summed E-state index contributed by atoms with van der Waals surface area (Å²) in [7, 11) is -3.64. The molecule has 112 valence electrons. The number of rotatable bonds is 6. The molecule has 4 nitrogen and oxygen atoms in total. The molecule has 0 aliphatic carbocycles. The van der Waals surface area contributed by atoms with Gasteiger partial charge < -0.3 is 5.73 Å². The third-order valence-corrected chi connectivity index (χ3v) is 5.85. The Labute approximate surface area is 134 Å². The van der Waals surface area contributed by atoms with E-state index in [1.165, 1.54) is 10.9 Å². The van der Waals surface area contributed by atoms with Crippen LogP contribution in [0.4, 0.5) is 0 Å². The molecule has 0 saturated heterocycles. The number of hydrogen-bond acceptors (Lipinski definition) is 4. The van der Waals surface area contributed by atoms with Crippen molar-refractivity contribution in [2.45, 2.75) is 24.8 Å². The zero-order valence-electron chi connectivity index (χ0n) is 11.5. The smallest absolute Gasteiger partial charge is 0.241 e. The number of thiophene rings is 1. The third-order valence-electron chi connectivity index (χ3n) is 2.94. The molecule has 1 aromatic heterocycles. The van der Waals surface area contributed by atoms with Crippen molar-refractivity contribution < 1.29 is 8.42 Å². The molecule has 0 aliphatic heterocycles. The molecule has 0 saturated carbocycles. The minimum atomic E-state index is -3.64. The van der Waals surface area contributed by atoms with Gasteiger partial charge >= 0.3 is 0 Å².